The van der Waals surface area contributed by atoms with E-state index < -0.39 is 52.4 Å². The highest BCUT2D eigenvalue weighted by Crippen LogP contribution is 2.39. The highest BCUT2D eigenvalue weighted by molar-refractivity contribution is 7.92. The lowest BCUT2D eigenvalue weighted by molar-refractivity contribution is -0.605. The summed E-state index contributed by atoms with van der Waals surface area (Å²) in [4.78, 5) is 15.7. The molecule has 0 bridgehead atoms. The van der Waals surface area contributed by atoms with Crippen molar-refractivity contribution in [3.8, 4) is 11.5 Å². The second-order valence-corrected chi connectivity index (χ2v) is 14.9. The Morgan fingerprint density at radius 3 is 2.38 bits per heavy atom. The summed E-state index contributed by atoms with van der Waals surface area (Å²) in [5, 5.41) is 11.6. The Balaban J connectivity index is 1.45. The van der Waals surface area contributed by atoms with E-state index in [0.717, 1.165) is 37.4 Å². The molecule has 1 aliphatic heterocycles. The number of benzene rings is 2. The number of anilines is 1. The molecule has 2 heterocycles. The van der Waals surface area contributed by atoms with Crippen molar-refractivity contribution >= 4 is 44.9 Å². The van der Waals surface area contributed by atoms with Crippen LogP contribution in [0.5, 0.6) is 11.5 Å². The number of hydrogen-bond donors (Lipinski definition) is 1. The van der Waals surface area contributed by atoms with Crippen molar-refractivity contribution in [1.82, 2.24) is 4.90 Å². The van der Waals surface area contributed by atoms with Gasteiger partial charge in [0.25, 0.3) is 0 Å². The van der Waals surface area contributed by atoms with Gasteiger partial charge in [0.15, 0.2) is 23.9 Å². The van der Waals surface area contributed by atoms with Crippen LogP contribution in [0.1, 0.15) is 52.4 Å². The first kappa shape index (κ1) is 39.6. The highest BCUT2D eigenvalue weighted by Gasteiger charge is 2.37. The minimum Gasteiger partial charge on any atom is -0.619 e. The number of halogens is 7. The maximum absolute atomic E-state index is 14.2. The Hall–Kier alpha value is -3.64. The Kier molecular flexibility index (Phi) is 12.9. The summed E-state index contributed by atoms with van der Waals surface area (Å²) in [5.41, 5.74) is -2.60. The summed E-state index contributed by atoms with van der Waals surface area (Å²) in [7, 11) is -4.05. The number of ether oxygens (including phenoxy) is 4. The van der Waals surface area contributed by atoms with Gasteiger partial charge < -0.3 is 24.2 Å². The van der Waals surface area contributed by atoms with Gasteiger partial charge in [0, 0.05) is 30.8 Å². The average molecular weight is 799 g/mol. The Morgan fingerprint density at radius 2 is 1.75 bits per heavy atom. The van der Waals surface area contributed by atoms with Crippen molar-refractivity contribution in [1.29, 1.82) is 0 Å². The van der Waals surface area contributed by atoms with Crippen LogP contribution in [0.2, 0.25) is 10.0 Å². The standard InChI is InChI=1S/C33H34Cl2F5N3O8S/c34-26-17-43(45)18-27(35)24(26)16-29(21-4-7-28(51-32(36)37)30(14-21)49-19-20-2-3-20)50-31(44)23-15-22(5-6-25(23)33(38,39)40)41-52(46,47)13-1-8-42-9-11-48-12-10-42/h4-7,14-15,17-18,20,29,32,41H,1-3,8-13,16,19H2/t29-/m0/s1. The number of carbonyl (C=O) groups is 1. The highest BCUT2D eigenvalue weighted by atomic mass is 35.5. The molecular weight excluding hydrogens is 764 g/mol. The van der Waals surface area contributed by atoms with Crippen molar-refractivity contribution in [2.45, 2.75) is 44.6 Å². The van der Waals surface area contributed by atoms with Crippen LogP contribution in [0.25, 0.3) is 0 Å². The van der Waals surface area contributed by atoms with Crippen LogP contribution < -0.4 is 18.9 Å². The molecule has 5 rings (SSSR count). The maximum atomic E-state index is 14.2. The molecule has 0 amide bonds. The largest absolute Gasteiger partial charge is 0.619 e. The van der Waals surface area contributed by atoms with E-state index in [4.69, 9.17) is 37.4 Å². The molecule has 0 unspecified atom stereocenters. The molecular formula is C33H34Cl2F5N3O8S. The van der Waals surface area contributed by atoms with E-state index in [1.807, 2.05) is 4.90 Å². The van der Waals surface area contributed by atoms with E-state index in [-0.39, 0.29) is 63.1 Å². The van der Waals surface area contributed by atoms with Crippen LogP contribution >= 0.6 is 23.2 Å². The molecule has 3 aromatic rings. The molecule has 1 atom stereocenters. The molecule has 2 fully saturated rings. The monoisotopic (exact) mass is 797 g/mol. The van der Waals surface area contributed by atoms with Crippen LogP contribution in [0.15, 0.2) is 48.8 Å². The normalized spacial score (nSPS) is 16.1. The molecule has 1 aromatic heterocycles. The Morgan fingerprint density at radius 1 is 1.06 bits per heavy atom. The van der Waals surface area contributed by atoms with Crippen molar-refractivity contribution < 1.29 is 58.8 Å². The number of esters is 1. The van der Waals surface area contributed by atoms with Gasteiger partial charge in [0.2, 0.25) is 10.0 Å². The van der Waals surface area contributed by atoms with E-state index >= 15 is 0 Å². The molecule has 1 N–H and O–H groups in total. The van der Waals surface area contributed by atoms with Crippen LogP contribution in [0.4, 0.5) is 27.6 Å². The van der Waals surface area contributed by atoms with E-state index in [1.165, 1.54) is 12.1 Å². The zero-order valence-corrected chi connectivity index (χ0v) is 29.7. The Labute approximate surface area is 306 Å². The molecule has 1 saturated heterocycles. The lowest BCUT2D eigenvalue weighted by Crippen LogP contribution is -2.37. The molecule has 1 saturated carbocycles. The third-order valence-corrected chi connectivity index (χ3v) is 10.3. The number of alkyl halides is 5. The van der Waals surface area contributed by atoms with E-state index in [9.17, 15) is 40.4 Å². The Bertz CT molecular complexity index is 1820. The van der Waals surface area contributed by atoms with Gasteiger partial charge in [-0.25, -0.2) is 13.2 Å². The van der Waals surface area contributed by atoms with Gasteiger partial charge in [-0.1, -0.05) is 29.3 Å². The quantitative estimate of drug-likeness (QED) is 0.0734. The zero-order valence-electron chi connectivity index (χ0n) is 27.3. The maximum Gasteiger partial charge on any atom is 0.417 e. The predicted molar refractivity (Wildman–Crippen MR) is 179 cm³/mol. The topological polar surface area (TPSA) is 130 Å². The second kappa shape index (κ2) is 17.0. The molecule has 52 heavy (non-hydrogen) atoms. The molecule has 2 aromatic carbocycles. The number of carbonyl (C=O) groups excluding carboxylic acids is 1. The summed E-state index contributed by atoms with van der Waals surface area (Å²) in [6, 6.07) is 5.75. The van der Waals surface area contributed by atoms with Gasteiger partial charge >= 0.3 is 18.8 Å². The summed E-state index contributed by atoms with van der Waals surface area (Å²) < 4.78 is 119. The van der Waals surface area contributed by atoms with Gasteiger partial charge in [-0.05, 0) is 67.6 Å². The third-order valence-electron chi connectivity index (χ3n) is 8.23. The number of sulfonamides is 1. The van der Waals surface area contributed by atoms with Crippen molar-refractivity contribution in [3.63, 3.8) is 0 Å². The molecule has 11 nitrogen and oxygen atoms in total. The molecule has 0 radical (unpaired) electrons. The molecule has 2 aliphatic rings. The fraction of sp³-hybridized carbons (Fsp3) is 0.455. The molecule has 19 heteroatoms. The van der Waals surface area contributed by atoms with Crippen molar-refractivity contribution in [3.05, 3.63) is 86.3 Å². The lowest BCUT2D eigenvalue weighted by atomic mass is 10.0. The number of pyridine rings is 1. The number of rotatable bonds is 16. The lowest BCUT2D eigenvalue weighted by Gasteiger charge is -2.26. The number of nitrogens with zero attached hydrogens (tertiary/aromatic N) is 2. The summed E-state index contributed by atoms with van der Waals surface area (Å²) in [6.45, 7) is -0.253. The van der Waals surface area contributed by atoms with Gasteiger partial charge in [0.1, 0.15) is 16.1 Å². The fourth-order valence-corrected chi connectivity index (χ4v) is 7.11. The number of hydrogen-bond acceptors (Lipinski definition) is 9. The number of aromatic nitrogens is 1. The third kappa shape index (κ3) is 11.2. The van der Waals surface area contributed by atoms with Crippen LogP contribution in [0, 0.1) is 11.1 Å². The average Bonchev–Trinajstić information content (AvgIpc) is 3.89. The fourth-order valence-electron chi connectivity index (χ4n) is 5.41. The smallest absolute Gasteiger partial charge is 0.417 e. The molecule has 284 valence electrons. The van der Waals surface area contributed by atoms with E-state index in [1.54, 1.807) is 0 Å². The molecule has 1 aliphatic carbocycles. The van der Waals surface area contributed by atoms with Gasteiger partial charge in [-0.15, -0.1) is 0 Å². The van der Waals surface area contributed by atoms with E-state index in [0.29, 0.717) is 49.7 Å². The first-order chi connectivity index (χ1) is 24.6. The van der Waals surface area contributed by atoms with Gasteiger partial charge in [-0.2, -0.15) is 26.7 Å². The first-order valence-electron chi connectivity index (χ1n) is 16.1. The zero-order chi connectivity index (χ0) is 37.6. The van der Waals surface area contributed by atoms with Crippen molar-refractivity contribution in [2.24, 2.45) is 5.92 Å². The first-order valence-corrected chi connectivity index (χ1v) is 18.5. The summed E-state index contributed by atoms with van der Waals surface area (Å²) in [5.74, 6) is -2.15. The van der Waals surface area contributed by atoms with Crippen molar-refractivity contribution in [2.75, 3.05) is 49.9 Å². The summed E-state index contributed by atoms with van der Waals surface area (Å²) >= 11 is 12.6. The van der Waals surface area contributed by atoms with Crippen LogP contribution in [-0.4, -0.2) is 71.1 Å². The van der Waals surface area contributed by atoms with E-state index in [2.05, 4.69) is 9.46 Å². The van der Waals surface area contributed by atoms with Crippen LogP contribution in [0.3, 0.4) is 0 Å². The van der Waals surface area contributed by atoms with Gasteiger partial charge in [0.05, 0.1) is 36.7 Å². The van der Waals surface area contributed by atoms with Crippen LogP contribution in [-0.2, 0) is 32.1 Å². The second-order valence-electron chi connectivity index (χ2n) is 12.2. The number of morpholine rings is 1. The minimum absolute atomic E-state index is 0.0671. The van der Waals surface area contributed by atoms with Gasteiger partial charge in [-0.3, -0.25) is 9.62 Å². The summed E-state index contributed by atoms with van der Waals surface area (Å²) in [6.07, 6.45) is -3.06. The SMILES string of the molecule is O=C(O[C@@H](Cc1c(Cl)c[n+]([O-])cc1Cl)c1ccc(OC(F)F)c(OCC2CC2)c1)c1cc(NS(=O)(=O)CCCN2CCOCC2)ccc1C(F)(F)F. The minimum atomic E-state index is -5.06. The number of nitrogens with one attached hydrogen (secondary N) is 1. The predicted octanol–water partition coefficient (Wildman–Crippen LogP) is 6.64. The molecule has 0 spiro atoms.